The maximum atomic E-state index is 8.97. The van der Waals surface area contributed by atoms with E-state index in [-0.39, 0.29) is 6.61 Å². The summed E-state index contributed by atoms with van der Waals surface area (Å²) in [5, 5.41) is 14.3. The van der Waals surface area contributed by atoms with Crippen LogP contribution in [0.3, 0.4) is 0 Å². The van der Waals surface area contributed by atoms with Crippen LogP contribution >= 0.6 is 0 Å². The number of fused-ring (bicyclic) bond motifs is 2. The minimum atomic E-state index is 0.130. The van der Waals surface area contributed by atoms with Crippen LogP contribution in [0.25, 0.3) is 33.2 Å². The van der Waals surface area contributed by atoms with Gasteiger partial charge >= 0.3 is 0 Å². The van der Waals surface area contributed by atoms with Crippen molar-refractivity contribution >= 4 is 21.9 Å². The van der Waals surface area contributed by atoms with Crippen LogP contribution in [0.2, 0.25) is 0 Å². The number of aliphatic hydroxyl groups excluding tert-OH is 1. The van der Waals surface area contributed by atoms with E-state index in [1.54, 1.807) is 20.4 Å². The number of nitrogens with zero attached hydrogens (tertiary/aromatic N) is 2. The molecule has 0 fully saturated rings. The molecule has 7 nitrogen and oxygen atoms in total. The molecule has 0 bridgehead atoms. The Morgan fingerprint density at radius 1 is 1.14 bits per heavy atom. The monoisotopic (exact) mass is 380 g/mol. The van der Waals surface area contributed by atoms with E-state index >= 15 is 0 Å². The van der Waals surface area contributed by atoms with Crippen molar-refractivity contribution in [2.24, 2.45) is 0 Å². The van der Waals surface area contributed by atoms with E-state index in [2.05, 4.69) is 32.1 Å². The molecule has 0 atom stereocenters. The summed E-state index contributed by atoms with van der Waals surface area (Å²) in [7, 11) is 3.29. The number of ether oxygens (including phenoxy) is 2. The maximum absolute atomic E-state index is 8.97. The van der Waals surface area contributed by atoms with Gasteiger partial charge in [-0.15, -0.1) is 0 Å². The van der Waals surface area contributed by atoms with Crippen LogP contribution in [0.4, 0.5) is 0 Å². The molecule has 0 saturated heterocycles. The van der Waals surface area contributed by atoms with Gasteiger partial charge in [0.2, 0.25) is 0 Å². The number of rotatable bonds is 8. The lowest BCUT2D eigenvalue weighted by molar-refractivity contribution is 0.291. The zero-order chi connectivity index (χ0) is 19.5. The quantitative estimate of drug-likeness (QED) is 0.409. The highest BCUT2D eigenvalue weighted by Crippen LogP contribution is 2.38. The minimum absolute atomic E-state index is 0.130. The maximum Gasteiger partial charge on any atom is 0.162 e. The van der Waals surface area contributed by atoms with E-state index in [9.17, 15) is 0 Å². The predicted molar refractivity (Wildman–Crippen MR) is 110 cm³/mol. The lowest BCUT2D eigenvalue weighted by Gasteiger charge is -2.10. The first kappa shape index (κ1) is 18.3. The van der Waals surface area contributed by atoms with Gasteiger partial charge in [-0.2, -0.15) is 0 Å². The molecule has 28 heavy (non-hydrogen) atoms. The Labute approximate surface area is 162 Å². The second-order valence-corrected chi connectivity index (χ2v) is 6.56. The largest absolute Gasteiger partial charge is 0.493 e. The predicted octanol–water partition coefficient (Wildman–Crippen LogP) is 2.78. The Kier molecular flexibility index (Phi) is 5.18. The second kappa shape index (κ2) is 7.92. The number of pyridine rings is 1. The van der Waals surface area contributed by atoms with Crippen LogP contribution in [0.5, 0.6) is 11.5 Å². The first-order valence-corrected chi connectivity index (χ1v) is 9.25. The van der Waals surface area contributed by atoms with Crippen molar-refractivity contribution in [2.75, 3.05) is 33.9 Å². The summed E-state index contributed by atoms with van der Waals surface area (Å²) in [4.78, 5) is 7.82. The van der Waals surface area contributed by atoms with Crippen molar-refractivity contribution in [3.05, 3.63) is 42.7 Å². The number of aliphatic hydroxyl groups is 1. The summed E-state index contributed by atoms with van der Waals surface area (Å²) >= 11 is 0. The van der Waals surface area contributed by atoms with Crippen molar-refractivity contribution in [3.8, 4) is 22.8 Å². The number of hydrogen-bond donors (Lipinski definition) is 3. The number of H-pyrrole nitrogens is 1. The number of aromatic nitrogens is 3. The van der Waals surface area contributed by atoms with E-state index in [1.165, 1.54) is 0 Å². The minimum Gasteiger partial charge on any atom is -0.493 e. The Balaban J connectivity index is 1.84. The van der Waals surface area contributed by atoms with Crippen molar-refractivity contribution in [1.29, 1.82) is 0 Å². The molecule has 0 aliphatic carbocycles. The molecule has 3 aromatic heterocycles. The molecule has 3 heterocycles. The van der Waals surface area contributed by atoms with Gasteiger partial charge in [0, 0.05) is 60.1 Å². The Bertz CT molecular complexity index is 1070. The molecule has 0 spiro atoms. The summed E-state index contributed by atoms with van der Waals surface area (Å²) in [5.74, 6) is 1.39. The average molecular weight is 380 g/mol. The molecule has 1 aromatic carbocycles. The number of nitrogens with one attached hydrogen (secondary N) is 2. The molecule has 146 valence electrons. The first-order valence-electron chi connectivity index (χ1n) is 9.25. The smallest absolute Gasteiger partial charge is 0.162 e. The molecule has 0 saturated carbocycles. The third-order valence-corrected chi connectivity index (χ3v) is 4.89. The molecule has 0 aliphatic heterocycles. The van der Waals surface area contributed by atoms with E-state index < -0.39 is 0 Å². The zero-order valence-corrected chi connectivity index (χ0v) is 16.0. The van der Waals surface area contributed by atoms with Gasteiger partial charge in [0.1, 0.15) is 5.65 Å². The molecular formula is C21H24N4O3. The van der Waals surface area contributed by atoms with Crippen LogP contribution in [-0.4, -0.2) is 53.6 Å². The standard InChI is InChI=1S/C21H24N4O3/c1-27-19-11-15-16(17-10-14-4-3-5-23-21(14)24-17)13-25(8-6-22-7-9-26)18(15)12-20(19)28-2/h3-5,10-13,22,26H,6-9H2,1-2H3,(H,23,24). The number of methoxy groups -OCH3 is 2. The van der Waals surface area contributed by atoms with Gasteiger partial charge in [0.25, 0.3) is 0 Å². The fourth-order valence-electron chi connectivity index (χ4n) is 3.52. The molecular weight excluding hydrogens is 356 g/mol. The van der Waals surface area contributed by atoms with E-state index in [0.717, 1.165) is 46.3 Å². The van der Waals surface area contributed by atoms with Crippen molar-refractivity contribution in [2.45, 2.75) is 6.54 Å². The molecule has 3 N–H and O–H groups in total. The van der Waals surface area contributed by atoms with Gasteiger partial charge in [-0.25, -0.2) is 4.98 Å². The van der Waals surface area contributed by atoms with E-state index in [0.29, 0.717) is 18.0 Å². The van der Waals surface area contributed by atoms with Gasteiger partial charge in [-0.3, -0.25) is 0 Å². The first-order chi connectivity index (χ1) is 13.7. The number of benzene rings is 1. The fourth-order valence-corrected chi connectivity index (χ4v) is 3.52. The highest BCUT2D eigenvalue weighted by molar-refractivity contribution is 5.99. The SMILES string of the molecule is COc1cc2c(-c3cc4cccnc4[nH]3)cn(CCNCCO)c2cc1OC. The van der Waals surface area contributed by atoms with Crippen LogP contribution in [0.15, 0.2) is 42.7 Å². The molecule has 7 heteroatoms. The molecule has 0 unspecified atom stereocenters. The lowest BCUT2D eigenvalue weighted by Crippen LogP contribution is -2.22. The van der Waals surface area contributed by atoms with Gasteiger partial charge in [-0.05, 0) is 24.3 Å². The Hall–Kier alpha value is -3.03. The van der Waals surface area contributed by atoms with E-state index in [1.807, 2.05) is 24.3 Å². The van der Waals surface area contributed by atoms with Crippen molar-refractivity contribution in [1.82, 2.24) is 19.9 Å². The van der Waals surface area contributed by atoms with Crippen LogP contribution in [-0.2, 0) is 6.54 Å². The van der Waals surface area contributed by atoms with Gasteiger partial charge in [-0.1, -0.05) is 0 Å². The van der Waals surface area contributed by atoms with Crippen LogP contribution < -0.4 is 14.8 Å². The van der Waals surface area contributed by atoms with Gasteiger partial charge < -0.3 is 29.4 Å². The molecule has 4 rings (SSSR count). The zero-order valence-electron chi connectivity index (χ0n) is 16.0. The Morgan fingerprint density at radius 2 is 1.96 bits per heavy atom. The topological polar surface area (TPSA) is 84.3 Å². The lowest BCUT2D eigenvalue weighted by atomic mass is 10.1. The second-order valence-electron chi connectivity index (χ2n) is 6.56. The summed E-state index contributed by atoms with van der Waals surface area (Å²) in [6.07, 6.45) is 3.92. The van der Waals surface area contributed by atoms with Gasteiger partial charge in [0.05, 0.1) is 26.3 Å². The summed E-state index contributed by atoms with van der Waals surface area (Å²) in [6, 6.07) is 10.1. The highest BCUT2D eigenvalue weighted by Gasteiger charge is 2.16. The van der Waals surface area contributed by atoms with Gasteiger partial charge in [0.15, 0.2) is 11.5 Å². The summed E-state index contributed by atoms with van der Waals surface area (Å²) < 4.78 is 13.2. The van der Waals surface area contributed by atoms with Crippen molar-refractivity contribution < 1.29 is 14.6 Å². The molecule has 4 aromatic rings. The third-order valence-electron chi connectivity index (χ3n) is 4.89. The highest BCUT2D eigenvalue weighted by atomic mass is 16.5. The summed E-state index contributed by atoms with van der Waals surface area (Å²) in [5.41, 5.74) is 4.01. The third kappa shape index (κ3) is 3.30. The fraction of sp³-hybridized carbons (Fsp3) is 0.286. The summed E-state index contributed by atoms with van der Waals surface area (Å²) in [6.45, 7) is 2.23. The number of aromatic amines is 1. The molecule has 0 radical (unpaired) electrons. The number of hydrogen-bond acceptors (Lipinski definition) is 5. The van der Waals surface area contributed by atoms with Crippen LogP contribution in [0, 0.1) is 0 Å². The molecule has 0 aliphatic rings. The van der Waals surface area contributed by atoms with Crippen LogP contribution in [0.1, 0.15) is 0 Å². The van der Waals surface area contributed by atoms with Crippen molar-refractivity contribution in [3.63, 3.8) is 0 Å². The normalized spacial score (nSPS) is 11.4. The van der Waals surface area contributed by atoms with E-state index in [4.69, 9.17) is 14.6 Å². The average Bonchev–Trinajstić information content (AvgIpc) is 3.31. The Morgan fingerprint density at radius 3 is 2.71 bits per heavy atom. The molecule has 0 amide bonds.